The minimum atomic E-state index is -3.80. The fourth-order valence-corrected chi connectivity index (χ4v) is 5.30. The molecule has 1 aliphatic rings. The Morgan fingerprint density at radius 1 is 1.16 bits per heavy atom. The Balaban J connectivity index is 2.03. The number of H-pyrrole nitrogens is 1. The summed E-state index contributed by atoms with van der Waals surface area (Å²) in [6, 6.07) is 8.90. The topological polar surface area (TPSA) is 91.8 Å². The van der Waals surface area contributed by atoms with Crippen LogP contribution >= 0.6 is 0 Å². The first-order valence-electron chi connectivity index (χ1n) is 9.82. The summed E-state index contributed by atoms with van der Waals surface area (Å²) in [7, 11) is 2.25. The van der Waals surface area contributed by atoms with Gasteiger partial charge in [-0.3, -0.25) is 9.79 Å². The van der Waals surface area contributed by atoms with E-state index >= 15 is 0 Å². The van der Waals surface area contributed by atoms with Gasteiger partial charge in [-0.15, -0.1) is 0 Å². The van der Waals surface area contributed by atoms with E-state index < -0.39 is 15.4 Å². The SMILES string of the molecule is CN=Cc1ccc2c3c([nH]c2c1)C(C)(C)c1cc(OC)c(S(=O)(=O)N(C)C)cc1C3=O. The molecule has 4 rings (SSSR count). The van der Waals surface area contributed by atoms with Gasteiger partial charge < -0.3 is 9.72 Å². The Morgan fingerprint density at radius 2 is 1.87 bits per heavy atom. The van der Waals surface area contributed by atoms with Crippen molar-refractivity contribution in [2.75, 3.05) is 28.3 Å². The lowest BCUT2D eigenvalue weighted by atomic mass is 9.71. The van der Waals surface area contributed by atoms with Crippen molar-refractivity contribution >= 4 is 32.9 Å². The molecule has 7 nitrogen and oxygen atoms in total. The molecule has 0 amide bonds. The molecule has 1 heterocycles. The number of sulfonamides is 1. The Labute approximate surface area is 181 Å². The highest BCUT2D eigenvalue weighted by atomic mass is 32.2. The lowest BCUT2D eigenvalue weighted by Crippen LogP contribution is -2.31. The van der Waals surface area contributed by atoms with Crippen LogP contribution in [0.3, 0.4) is 0 Å². The van der Waals surface area contributed by atoms with Crippen LogP contribution in [-0.4, -0.2) is 58.0 Å². The third-order valence-electron chi connectivity index (χ3n) is 5.93. The highest BCUT2D eigenvalue weighted by Crippen LogP contribution is 2.46. The summed E-state index contributed by atoms with van der Waals surface area (Å²) in [4.78, 5) is 21.1. The monoisotopic (exact) mass is 439 g/mol. The zero-order chi connectivity index (χ0) is 22.7. The van der Waals surface area contributed by atoms with E-state index in [1.165, 1.54) is 27.3 Å². The zero-order valence-electron chi connectivity index (χ0n) is 18.4. The van der Waals surface area contributed by atoms with Gasteiger partial charge in [0, 0.05) is 54.9 Å². The zero-order valence-corrected chi connectivity index (χ0v) is 19.2. The van der Waals surface area contributed by atoms with E-state index in [9.17, 15) is 13.2 Å². The van der Waals surface area contributed by atoms with E-state index in [1.807, 2.05) is 32.0 Å². The average molecular weight is 440 g/mol. The van der Waals surface area contributed by atoms with Gasteiger partial charge in [-0.1, -0.05) is 26.0 Å². The van der Waals surface area contributed by atoms with Crippen LogP contribution < -0.4 is 4.74 Å². The minimum Gasteiger partial charge on any atom is -0.495 e. The van der Waals surface area contributed by atoms with Crippen molar-refractivity contribution in [3.05, 3.63) is 58.3 Å². The van der Waals surface area contributed by atoms with Gasteiger partial charge in [0.1, 0.15) is 10.6 Å². The molecule has 0 spiro atoms. The van der Waals surface area contributed by atoms with Crippen LogP contribution in [-0.2, 0) is 15.4 Å². The highest BCUT2D eigenvalue weighted by Gasteiger charge is 2.41. The van der Waals surface area contributed by atoms with Crippen LogP contribution in [0.5, 0.6) is 5.75 Å². The van der Waals surface area contributed by atoms with Gasteiger partial charge in [0.15, 0.2) is 5.78 Å². The molecule has 162 valence electrons. The molecule has 31 heavy (non-hydrogen) atoms. The van der Waals surface area contributed by atoms with Crippen molar-refractivity contribution < 1.29 is 17.9 Å². The Kier molecular flexibility index (Phi) is 4.83. The van der Waals surface area contributed by atoms with Crippen molar-refractivity contribution in [2.45, 2.75) is 24.2 Å². The lowest BCUT2D eigenvalue weighted by Gasteiger charge is -2.33. The molecule has 0 saturated heterocycles. The third kappa shape index (κ3) is 3.01. The number of ether oxygens (including phenoxy) is 1. The summed E-state index contributed by atoms with van der Waals surface area (Å²) in [5, 5.41) is 0.805. The second kappa shape index (κ2) is 7.03. The highest BCUT2D eigenvalue weighted by molar-refractivity contribution is 7.89. The molecule has 0 bridgehead atoms. The first-order valence-corrected chi connectivity index (χ1v) is 11.3. The number of aromatic nitrogens is 1. The van der Waals surface area contributed by atoms with E-state index in [4.69, 9.17) is 4.74 Å². The molecule has 0 fully saturated rings. The van der Waals surface area contributed by atoms with Gasteiger partial charge >= 0.3 is 0 Å². The summed E-state index contributed by atoms with van der Waals surface area (Å²) in [5.41, 5.74) is 3.67. The molecule has 0 atom stereocenters. The van der Waals surface area contributed by atoms with E-state index in [2.05, 4.69) is 9.98 Å². The van der Waals surface area contributed by atoms with Crippen molar-refractivity contribution in [2.24, 2.45) is 4.99 Å². The number of benzene rings is 2. The molecule has 0 saturated carbocycles. The number of fused-ring (bicyclic) bond motifs is 4. The maximum absolute atomic E-state index is 13.6. The van der Waals surface area contributed by atoms with Crippen LogP contribution in [0.4, 0.5) is 0 Å². The van der Waals surface area contributed by atoms with Gasteiger partial charge in [-0.25, -0.2) is 12.7 Å². The number of carbonyl (C=O) groups excluding carboxylic acids is 1. The van der Waals surface area contributed by atoms with Crippen LogP contribution in [0.1, 0.15) is 46.6 Å². The van der Waals surface area contributed by atoms with E-state index in [0.717, 1.165) is 32.0 Å². The third-order valence-corrected chi connectivity index (χ3v) is 7.77. The summed E-state index contributed by atoms with van der Waals surface area (Å²) < 4.78 is 32.3. The van der Waals surface area contributed by atoms with Crippen molar-refractivity contribution in [1.82, 2.24) is 9.29 Å². The lowest BCUT2D eigenvalue weighted by molar-refractivity contribution is 0.103. The minimum absolute atomic E-state index is 0.0207. The number of aromatic amines is 1. The molecule has 0 radical (unpaired) electrons. The number of rotatable bonds is 4. The number of nitrogens with one attached hydrogen (secondary N) is 1. The number of nitrogens with zero attached hydrogens (tertiary/aromatic N) is 2. The normalized spacial score (nSPS) is 15.5. The largest absolute Gasteiger partial charge is 0.495 e. The van der Waals surface area contributed by atoms with E-state index in [0.29, 0.717) is 11.1 Å². The maximum Gasteiger partial charge on any atom is 0.246 e. The second-order valence-electron chi connectivity index (χ2n) is 8.36. The molecule has 1 aromatic heterocycles. The quantitative estimate of drug-likeness (QED) is 0.631. The molecular formula is C23H25N3O4S. The fraction of sp³-hybridized carbons (Fsp3) is 0.304. The molecule has 1 aliphatic carbocycles. The van der Waals surface area contributed by atoms with Gasteiger partial charge in [-0.05, 0) is 29.3 Å². The number of hydrogen-bond donors (Lipinski definition) is 1. The first-order chi connectivity index (χ1) is 14.5. The summed E-state index contributed by atoms with van der Waals surface area (Å²) in [6.45, 7) is 4.03. The van der Waals surface area contributed by atoms with Gasteiger partial charge in [0.05, 0.1) is 12.7 Å². The Bertz CT molecular complexity index is 1370. The molecule has 0 aliphatic heterocycles. The number of methoxy groups -OCH3 is 1. The molecule has 8 heteroatoms. The summed E-state index contributed by atoms with van der Waals surface area (Å²) >= 11 is 0. The van der Waals surface area contributed by atoms with Gasteiger partial charge in [-0.2, -0.15) is 0 Å². The smallest absolute Gasteiger partial charge is 0.246 e. The Hall–Kier alpha value is -2.97. The van der Waals surface area contributed by atoms with Crippen LogP contribution in [0, 0.1) is 0 Å². The van der Waals surface area contributed by atoms with Gasteiger partial charge in [0.2, 0.25) is 10.0 Å². The Morgan fingerprint density at radius 3 is 2.48 bits per heavy atom. The predicted molar refractivity (Wildman–Crippen MR) is 121 cm³/mol. The van der Waals surface area contributed by atoms with Crippen LogP contribution in [0.15, 0.2) is 40.2 Å². The standard InChI is InChI=1S/C23H25N3O4S/c1-23(2)16-11-18(30-6)19(31(28,29)26(4)5)10-15(16)21(27)20-14-8-7-13(12-24-3)9-17(14)25-22(20)23/h7-12,25H,1-6H3. The second-order valence-corrected chi connectivity index (χ2v) is 10.5. The fourth-order valence-electron chi connectivity index (χ4n) is 4.24. The number of hydrogen-bond acceptors (Lipinski definition) is 5. The van der Waals surface area contributed by atoms with Crippen molar-refractivity contribution in [3.63, 3.8) is 0 Å². The van der Waals surface area contributed by atoms with Crippen LogP contribution in [0.2, 0.25) is 0 Å². The van der Waals surface area contributed by atoms with Crippen LogP contribution in [0.25, 0.3) is 10.9 Å². The van der Waals surface area contributed by atoms with E-state index in [1.54, 1.807) is 19.3 Å². The summed E-state index contributed by atoms with van der Waals surface area (Å²) in [6.07, 6.45) is 1.75. The molecule has 2 aromatic carbocycles. The first kappa shape index (κ1) is 21.3. The average Bonchev–Trinajstić information content (AvgIpc) is 3.11. The predicted octanol–water partition coefficient (Wildman–Crippen LogP) is 3.35. The van der Waals surface area contributed by atoms with E-state index in [-0.39, 0.29) is 16.4 Å². The number of aliphatic imine (C=N–C) groups is 1. The van der Waals surface area contributed by atoms with Crippen molar-refractivity contribution in [3.8, 4) is 5.75 Å². The molecule has 3 aromatic rings. The number of ketones is 1. The number of carbonyl (C=O) groups is 1. The molecule has 1 N–H and O–H groups in total. The maximum atomic E-state index is 13.6. The van der Waals surface area contributed by atoms with Gasteiger partial charge in [0.25, 0.3) is 0 Å². The van der Waals surface area contributed by atoms with Crippen molar-refractivity contribution in [1.29, 1.82) is 0 Å². The summed E-state index contributed by atoms with van der Waals surface area (Å²) in [5.74, 6) is 0.0136. The molecule has 0 unspecified atom stereocenters. The molecular weight excluding hydrogens is 414 g/mol.